The van der Waals surface area contributed by atoms with Gasteiger partial charge in [0.05, 0.1) is 11.4 Å². The highest BCUT2D eigenvalue weighted by molar-refractivity contribution is 6.30. The van der Waals surface area contributed by atoms with Crippen molar-refractivity contribution in [3.63, 3.8) is 0 Å². The van der Waals surface area contributed by atoms with Crippen LogP contribution in [0.25, 0.3) is 0 Å². The molecule has 2 fully saturated rings. The van der Waals surface area contributed by atoms with Crippen LogP contribution in [0.15, 0.2) is 30.9 Å². The Labute approximate surface area is 186 Å². The van der Waals surface area contributed by atoms with E-state index in [1.54, 1.807) is 18.2 Å². The molecule has 2 saturated carbocycles. The molecule has 0 atom stereocenters. The molecule has 0 aliphatic heterocycles. The Bertz CT molecular complexity index is 688. The van der Waals surface area contributed by atoms with Crippen molar-refractivity contribution in [2.45, 2.75) is 89.6 Å². The highest BCUT2D eigenvalue weighted by Crippen LogP contribution is 2.37. The van der Waals surface area contributed by atoms with E-state index in [2.05, 4.69) is 6.58 Å². The van der Waals surface area contributed by atoms with E-state index in [-0.39, 0.29) is 22.9 Å². The highest BCUT2D eigenvalue weighted by atomic mass is 35.5. The first-order valence-electron chi connectivity index (χ1n) is 11.8. The van der Waals surface area contributed by atoms with Crippen molar-refractivity contribution in [2.24, 2.45) is 17.8 Å². The van der Waals surface area contributed by atoms with Gasteiger partial charge in [-0.05, 0) is 74.0 Å². The lowest BCUT2D eigenvalue weighted by atomic mass is 9.75. The lowest BCUT2D eigenvalue weighted by Crippen LogP contribution is -2.24. The second-order valence-electron chi connectivity index (χ2n) is 9.38. The van der Waals surface area contributed by atoms with Crippen molar-refractivity contribution in [1.82, 2.24) is 0 Å². The van der Waals surface area contributed by atoms with Gasteiger partial charge in [0.15, 0.2) is 0 Å². The second-order valence-corrected chi connectivity index (χ2v) is 9.78. The number of hydrogen-bond acceptors (Lipinski definition) is 2. The van der Waals surface area contributed by atoms with E-state index in [4.69, 9.17) is 16.3 Å². The lowest BCUT2D eigenvalue weighted by molar-refractivity contribution is -0.149. The van der Waals surface area contributed by atoms with Crippen LogP contribution in [0, 0.1) is 23.6 Å². The molecule has 1 aromatic carbocycles. The minimum Gasteiger partial charge on any atom is -0.462 e. The van der Waals surface area contributed by atoms with Gasteiger partial charge >= 0.3 is 5.97 Å². The van der Waals surface area contributed by atoms with Crippen LogP contribution in [-0.2, 0) is 16.0 Å². The summed E-state index contributed by atoms with van der Waals surface area (Å²) >= 11 is 5.77. The van der Waals surface area contributed by atoms with E-state index in [1.807, 2.05) is 6.07 Å². The minimum absolute atomic E-state index is 0.123. The normalized spacial score (nSPS) is 26.9. The first-order valence-corrected chi connectivity index (χ1v) is 12.2. The van der Waals surface area contributed by atoms with Gasteiger partial charge in [-0.2, -0.15) is 0 Å². The first kappa shape index (κ1) is 23.3. The van der Waals surface area contributed by atoms with Crippen LogP contribution in [0.5, 0.6) is 0 Å². The fourth-order valence-electron chi connectivity index (χ4n) is 5.24. The third kappa shape index (κ3) is 7.41. The summed E-state index contributed by atoms with van der Waals surface area (Å²) in [5.74, 6) is 2.02. The van der Waals surface area contributed by atoms with E-state index in [0.29, 0.717) is 6.42 Å². The van der Waals surface area contributed by atoms with Crippen molar-refractivity contribution in [3.8, 4) is 0 Å². The number of carbonyl (C=O) groups excluding carboxylic acids is 1. The molecule has 4 heteroatoms. The van der Waals surface area contributed by atoms with Crippen molar-refractivity contribution in [1.29, 1.82) is 0 Å². The summed E-state index contributed by atoms with van der Waals surface area (Å²) in [4.78, 5) is 11.6. The molecule has 0 spiro atoms. The number of rotatable bonds is 9. The summed E-state index contributed by atoms with van der Waals surface area (Å²) in [6.45, 7) is 3.59. The average molecular weight is 435 g/mol. The summed E-state index contributed by atoms with van der Waals surface area (Å²) in [6.07, 6.45) is 16.6. The molecule has 0 N–H and O–H groups in total. The van der Waals surface area contributed by atoms with Crippen molar-refractivity contribution < 1.29 is 13.9 Å². The number of carbonyl (C=O) groups is 1. The fourth-order valence-corrected chi connectivity index (χ4v) is 5.35. The topological polar surface area (TPSA) is 26.3 Å². The molecule has 2 aliphatic rings. The fraction of sp³-hybridized carbons (Fsp3) is 0.654. The second kappa shape index (κ2) is 11.9. The highest BCUT2D eigenvalue weighted by Gasteiger charge is 2.26. The van der Waals surface area contributed by atoms with Gasteiger partial charge < -0.3 is 4.74 Å². The Morgan fingerprint density at radius 3 is 2.13 bits per heavy atom. The molecule has 0 radical (unpaired) electrons. The number of aryl methyl sites for hydroxylation is 1. The maximum absolute atomic E-state index is 13.6. The van der Waals surface area contributed by atoms with Crippen LogP contribution >= 0.6 is 11.6 Å². The quantitative estimate of drug-likeness (QED) is 0.294. The smallest absolute Gasteiger partial charge is 0.309 e. The van der Waals surface area contributed by atoms with Crippen LogP contribution in [0.3, 0.4) is 0 Å². The Kier molecular flexibility index (Phi) is 9.24. The molecular weight excluding hydrogens is 399 g/mol. The van der Waals surface area contributed by atoms with Crippen LogP contribution in [0.1, 0.15) is 82.6 Å². The Morgan fingerprint density at radius 2 is 1.57 bits per heavy atom. The van der Waals surface area contributed by atoms with E-state index in [1.165, 1.54) is 51.4 Å². The van der Waals surface area contributed by atoms with E-state index < -0.39 is 0 Å². The molecule has 2 aliphatic carbocycles. The summed E-state index contributed by atoms with van der Waals surface area (Å²) in [6, 6.07) is 5.21. The Balaban J connectivity index is 1.28. The zero-order chi connectivity index (χ0) is 21.3. The molecule has 0 unspecified atom stereocenters. The third-order valence-corrected chi connectivity index (χ3v) is 7.48. The zero-order valence-corrected chi connectivity index (χ0v) is 18.8. The van der Waals surface area contributed by atoms with Crippen LogP contribution < -0.4 is 0 Å². The minimum atomic E-state index is -0.304. The van der Waals surface area contributed by atoms with Crippen molar-refractivity contribution in [3.05, 3.63) is 47.3 Å². The van der Waals surface area contributed by atoms with Crippen LogP contribution in [0.2, 0.25) is 5.02 Å². The van der Waals surface area contributed by atoms with E-state index in [0.717, 1.165) is 49.0 Å². The van der Waals surface area contributed by atoms with Crippen molar-refractivity contribution in [2.75, 3.05) is 0 Å². The van der Waals surface area contributed by atoms with Gasteiger partial charge in [-0.25, -0.2) is 4.39 Å². The molecular formula is C26H36ClFO2. The van der Waals surface area contributed by atoms with E-state index in [9.17, 15) is 9.18 Å². The number of ether oxygens (including phenoxy) is 1. The maximum atomic E-state index is 13.6. The van der Waals surface area contributed by atoms with Gasteiger partial charge in [-0.3, -0.25) is 4.79 Å². The molecule has 0 amide bonds. The van der Waals surface area contributed by atoms with Crippen LogP contribution in [-0.4, -0.2) is 12.1 Å². The van der Waals surface area contributed by atoms with Crippen molar-refractivity contribution >= 4 is 17.6 Å². The maximum Gasteiger partial charge on any atom is 0.309 e. The number of esters is 1. The molecule has 1 aromatic rings. The number of halogens is 2. The first-order chi connectivity index (χ1) is 14.5. The average Bonchev–Trinajstić information content (AvgIpc) is 2.75. The number of benzene rings is 1. The standard InChI is InChI=1S/C26H36ClFO2/c1-2-3-26(29)30-23-15-12-21(13-16-23)9-8-19-4-6-20(7-5-19)10-11-22-14-17-24(27)25(28)18-22/h2,14,17-21,23H,1,3-13,15-16H2. The lowest BCUT2D eigenvalue weighted by Gasteiger charge is -2.32. The van der Waals surface area contributed by atoms with Gasteiger partial charge in [0, 0.05) is 0 Å². The Morgan fingerprint density at radius 1 is 1.00 bits per heavy atom. The molecule has 166 valence electrons. The molecule has 0 aromatic heterocycles. The zero-order valence-electron chi connectivity index (χ0n) is 18.1. The summed E-state index contributed by atoms with van der Waals surface area (Å²) in [7, 11) is 0. The molecule has 2 nitrogen and oxygen atoms in total. The number of hydrogen-bond donors (Lipinski definition) is 0. The summed E-state index contributed by atoms with van der Waals surface area (Å²) < 4.78 is 19.1. The predicted molar refractivity (Wildman–Crippen MR) is 121 cm³/mol. The SMILES string of the molecule is C=CCC(=O)OC1CCC(CCC2CCC(CCc3ccc(Cl)c(F)c3)CC2)CC1. The van der Waals surface area contributed by atoms with Gasteiger partial charge in [-0.15, -0.1) is 6.58 Å². The summed E-state index contributed by atoms with van der Waals surface area (Å²) in [5.41, 5.74) is 1.06. The molecule has 30 heavy (non-hydrogen) atoms. The monoisotopic (exact) mass is 434 g/mol. The molecule has 3 rings (SSSR count). The van der Waals surface area contributed by atoms with Gasteiger partial charge in [0.2, 0.25) is 0 Å². The third-order valence-electron chi connectivity index (χ3n) is 7.18. The van der Waals surface area contributed by atoms with Crippen LogP contribution in [0.4, 0.5) is 4.39 Å². The molecule has 0 saturated heterocycles. The largest absolute Gasteiger partial charge is 0.462 e. The molecule has 0 bridgehead atoms. The molecule has 0 heterocycles. The predicted octanol–water partition coefficient (Wildman–Crippen LogP) is 7.68. The van der Waals surface area contributed by atoms with E-state index >= 15 is 0 Å². The van der Waals surface area contributed by atoms with Gasteiger partial charge in [0.25, 0.3) is 0 Å². The Hall–Kier alpha value is -1.35. The van der Waals surface area contributed by atoms with Gasteiger partial charge in [-0.1, -0.05) is 62.3 Å². The van der Waals surface area contributed by atoms with Gasteiger partial charge in [0.1, 0.15) is 11.9 Å². The summed E-state index contributed by atoms with van der Waals surface area (Å²) in [5, 5.41) is 0.210.